The number of rotatable bonds is 4. The third kappa shape index (κ3) is 4.71. The van der Waals surface area contributed by atoms with Crippen molar-refractivity contribution in [3.8, 4) is 33.4 Å². The van der Waals surface area contributed by atoms with Crippen LogP contribution in [0.1, 0.15) is 22.3 Å². The molecule has 0 amide bonds. The number of hydrogen-bond donors (Lipinski definition) is 0. The Morgan fingerprint density at radius 3 is 1.44 bits per heavy atom. The highest BCUT2D eigenvalue weighted by molar-refractivity contribution is 7.25. The molecule has 2 heteroatoms. The SMILES string of the molecule is c1ccc(N(c2ccc3c(c2)C2(c4ccccc4-c4ccccc42)c2ccccc2-3)c2cccc3c4ccccc4c4ccccc4c23)c(-c2ccc3c(c2)sc2ccccc23)c1. The summed E-state index contributed by atoms with van der Waals surface area (Å²) in [5.41, 5.74) is 15.9. The Kier molecular flexibility index (Phi) is 7.26. The van der Waals surface area contributed by atoms with Gasteiger partial charge >= 0.3 is 0 Å². The summed E-state index contributed by atoms with van der Waals surface area (Å²) < 4.78 is 2.62. The first-order valence-corrected chi connectivity index (χ1v) is 22.7. The maximum atomic E-state index is 2.57. The molecule has 11 aromatic carbocycles. The van der Waals surface area contributed by atoms with Gasteiger partial charge in [-0.15, -0.1) is 11.3 Å². The molecule has 0 bridgehead atoms. The van der Waals surface area contributed by atoms with E-state index in [-0.39, 0.29) is 0 Å². The third-order valence-electron chi connectivity index (χ3n) is 14.1. The molecular weight excluding hydrogens is 779 g/mol. The molecule has 12 aromatic rings. The van der Waals surface area contributed by atoms with Crippen LogP contribution in [0.5, 0.6) is 0 Å². The monoisotopic (exact) mass is 815 g/mol. The van der Waals surface area contributed by atoms with Crippen molar-refractivity contribution in [1.29, 1.82) is 0 Å². The molecule has 1 nitrogen and oxygen atoms in total. The van der Waals surface area contributed by atoms with Crippen molar-refractivity contribution in [2.45, 2.75) is 5.41 Å². The van der Waals surface area contributed by atoms with Gasteiger partial charge in [-0.05, 0) is 113 Å². The van der Waals surface area contributed by atoms with Crippen LogP contribution in [0.25, 0.3) is 85.9 Å². The largest absolute Gasteiger partial charge is 0.309 e. The Morgan fingerprint density at radius 1 is 0.302 bits per heavy atom. The lowest BCUT2D eigenvalue weighted by atomic mass is 9.70. The molecule has 0 atom stereocenters. The third-order valence-corrected chi connectivity index (χ3v) is 15.2. The lowest BCUT2D eigenvalue weighted by molar-refractivity contribution is 0.793. The number of nitrogens with zero attached hydrogens (tertiary/aromatic N) is 1. The molecule has 2 aliphatic carbocycles. The minimum atomic E-state index is -0.464. The van der Waals surface area contributed by atoms with Crippen LogP contribution in [-0.4, -0.2) is 0 Å². The van der Waals surface area contributed by atoms with E-state index in [1.54, 1.807) is 0 Å². The number of hydrogen-bond acceptors (Lipinski definition) is 2. The molecule has 0 radical (unpaired) electrons. The fourth-order valence-corrected chi connectivity index (χ4v) is 12.7. The maximum Gasteiger partial charge on any atom is 0.0726 e. The molecular formula is C61H37NS. The molecule has 0 saturated carbocycles. The van der Waals surface area contributed by atoms with Gasteiger partial charge in [-0.2, -0.15) is 0 Å². The van der Waals surface area contributed by atoms with Crippen molar-refractivity contribution in [1.82, 2.24) is 0 Å². The zero-order chi connectivity index (χ0) is 41.2. The van der Waals surface area contributed by atoms with E-state index in [0.29, 0.717) is 0 Å². The van der Waals surface area contributed by atoms with Gasteiger partial charge in [-0.1, -0.05) is 188 Å². The van der Waals surface area contributed by atoms with Crippen LogP contribution in [0.3, 0.4) is 0 Å². The van der Waals surface area contributed by atoms with Crippen molar-refractivity contribution < 1.29 is 0 Å². The maximum absolute atomic E-state index is 2.57. The summed E-state index contributed by atoms with van der Waals surface area (Å²) in [6, 6.07) is 84.3. The quantitative estimate of drug-likeness (QED) is 0.160. The van der Waals surface area contributed by atoms with E-state index in [4.69, 9.17) is 0 Å². The first-order chi connectivity index (χ1) is 31.3. The molecule has 0 aliphatic heterocycles. The van der Waals surface area contributed by atoms with Crippen molar-refractivity contribution in [2.75, 3.05) is 4.90 Å². The first kappa shape index (κ1) is 34.9. The Hall–Kier alpha value is -7.78. The van der Waals surface area contributed by atoms with Crippen LogP contribution in [-0.2, 0) is 5.41 Å². The van der Waals surface area contributed by atoms with Gasteiger partial charge in [0.1, 0.15) is 0 Å². The molecule has 63 heavy (non-hydrogen) atoms. The Bertz CT molecular complexity index is 3780. The second kappa shape index (κ2) is 13.1. The highest BCUT2D eigenvalue weighted by atomic mass is 32.1. The Labute approximate surface area is 369 Å². The van der Waals surface area contributed by atoms with Gasteiger partial charge in [-0.25, -0.2) is 0 Å². The fraction of sp³-hybridized carbons (Fsp3) is 0.0164. The van der Waals surface area contributed by atoms with Crippen LogP contribution in [0, 0.1) is 0 Å². The fourth-order valence-electron chi connectivity index (χ4n) is 11.6. The van der Waals surface area contributed by atoms with Gasteiger partial charge in [0.25, 0.3) is 0 Å². The number of thiophene rings is 1. The molecule has 292 valence electrons. The molecule has 0 unspecified atom stereocenters. The number of para-hydroxylation sites is 1. The van der Waals surface area contributed by atoms with Crippen LogP contribution in [0.4, 0.5) is 17.1 Å². The molecule has 1 aromatic heterocycles. The van der Waals surface area contributed by atoms with E-state index in [1.165, 1.54) is 108 Å². The summed E-state index contributed by atoms with van der Waals surface area (Å²) in [5.74, 6) is 0. The zero-order valence-electron chi connectivity index (χ0n) is 34.2. The van der Waals surface area contributed by atoms with Crippen LogP contribution in [0.2, 0.25) is 0 Å². The van der Waals surface area contributed by atoms with Crippen molar-refractivity contribution in [3.63, 3.8) is 0 Å². The van der Waals surface area contributed by atoms with E-state index in [2.05, 4.69) is 229 Å². The topological polar surface area (TPSA) is 3.24 Å². The molecule has 0 saturated heterocycles. The Balaban J connectivity index is 1.09. The minimum Gasteiger partial charge on any atom is -0.309 e. The average Bonchev–Trinajstić information content (AvgIpc) is 3.98. The average molecular weight is 816 g/mol. The standard InChI is InChI=1S/C61H37NS/c1-2-18-43-41(17-1)42-19-3-4-24-50(42)60-51(43)25-15-30-57(60)62(56-29-13-8-16-40(56)38-32-34-49-48-23-9-14-31-58(48)63-59(49)36-38)39-33-35-47-46-22-7-12-28-54(46)61(55(47)37-39)52-26-10-5-20-44(52)45-21-6-11-27-53(45)61/h1-37H. The van der Waals surface area contributed by atoms with Crippen molar-refractivity contribution in [2.24, 2.45) is 0 Å². The Morgan fingerprint density at radius 2 is 0.778 bits per heavy atom. The van der Waals surface area contributed by atoms with E-state index in [1.807, 2.05) is 11.3 Å². The van der Waals surface area contributed by atoms with Gasteiger partial charge in [0.05, 0.1) is 16.8 Å². The predicted octanol–water partition coefficient (Wildman–Crippen LogP) is 17.0. The first-order valence-electron chi connectivity index (χ1n) is 21.8. The van der Waals surface area contributed by atoms with E-state index in [0.717, 1.165) is 17.1 Å². The van der Waals surface area contributed by atoms with Gasteiger partial charge in [0.2, 0.25) is 0 Å². The van der Waals surface area contributed by atoms with Crippen LogP contribution >= 0.6 is 11.3 Å². The van der Waals surface area contributed by atoms with E-state index in [9.17, 15) is 0 Å². The molecule has 2 aliphatic rings. The molecule has 0 fully saturated rings. The summed E-state index contributed by atoms with van der Waals surface area (Å²) in [6.07, 6.45) is 0. The van der Waals surface area contributed by atoms with Crippen LogP contribution < -0.4 is 4.90 Å². The minimum absolute atomic E-state index is 0.464. The summed E-state index contributed by atoms with van der Waals surface area (Å²) >= 11 is 1.88. The summed E-state index contributed by atoms with van der Waals surface area (Å²) in [7, 11) is 0. The summed E-state index contributed by atoms with van der Waals surface area (Å²) in [6.45, 7) is 0. The van der Waals surface area contributed by atoms with E-state index < -0.39 is 5.41 Å². The van der Waals surface area contributed by atoms with Crippen LogP contribution in [0.15, 0.2) is 224 Å². The molecule has 14 rings (SSSR count). The number of fused-ring (bicyclic) bond motifs is 19. The second-order valence-corrected chi connectivity index (χ2v) is 18.2. The normalized spacial score (nSPS) is 13.2. The second-order valence-electron chi connectivity index (χ2n) is 17.1. The zero-order valence-corrected chi connectivity index (χ0v) is 35.0. The predicted molar refractivity (Wildman–Crippen MR) is 268 cm³/mol. The molecule has 1 heterocycles. The van der Waals surface area contributed by atoms with E-state index >= 15 is 0 Å². The number of benzene rings is 11. The van der Waals surface area contributed by atoms with Gasteiger partial charge in [0, 0.05) is 36.8 Å². The summed E-state index contributed by atoms with van der Waals surface area (Å²) in [4.78, 5) is 2.57. The lowest BCUT2D eigenvalue weighted by Crippen LogP contribution is -2.26. The number of anilines is 3. The van der Waals surface area contributed by atoms with Crippen molar-refractivity contribution >= 4 is 80.9 Å². The van der Waals surface area contributed by atoms with Gasteiger partial charge in [-0.3, -0.25) is 0 Å². The summed E-state index contributed by atoms with van der Waals surface area (Å²) in [5, 5.41) is 10.2. The van der Waals surface area contributed by atoms with Gasteiger partial charge < -0.3 is 4.90 Å². The molecule has 0 N–H and O–H groups in total. The van der Waals surface area contributed by atoms with Crippen molar-refractivity contribution in [3.05, 3.63) is 247 Å². The smallest absolute Gasteiger partial charge is 0.0726 e. The molecule has 1 spiro atoms. The lowest BCUT2D eigenvalue weighted by Gasteiger charge is -2.33. The highest BCUT2D eigenvalue weighted by Gasteiger charge is 2.51. The highest BCUT2D eigenvalue weighted by Crippen LogP contribution is 2.63. The van der Waals surface area contributed by atoms with Gasteiger partial charge in [0.15, 0.2) is 0 Å².